The molecule has 31 heteroatoms. The number of carbonyl (C=O) groups excluding carboxylic acids is 11. The number of ether oxygens (including phenoxy) is 1. The van der Waals surface area contributed by atoms with Crippen LogP contribution in [0.4, 0.5) is 0 Å². The van der Waals surface area contributed by atoms with Gasteiger partial charge in [0.1, 0.15) is 60.4 Å². The predicted molar refractivity (Wildman–Crippen MR) is 386 cm³/mol. The van der Waals surface area contributed by atoms with E-state index in [2.05, 4.69) is 84.0 Å². The van der Waals surface area contributed by atoms with Crippen LogP contribution in [0.1, 0.15) is 100 Å². The van der Waals surface area contributed by atoms with Gasteiger partial charge < -0.3 is 84.3 Å². The molecule has 17 N–H and O–H groups in total. The number of aromatic nitrogens is 5. The SMILES string of the molecule is C#CCCC(=O)N[C@H](C(=O)N[C@@H]1CSCc2ccccc2CSC[C@H](C(=O)N[C@@H](Cc2ccccc2)C(=O)N[C@@H](Cc2cnc[nH]2)C(=O)N[C@H](C(=O)N[C@@H](Cc2c[nH]c3ccccc23)C(=O)N[C@@H](Cc2cnc[nH]2)C(N)=O)C(CC)CC)NC(=O)[C@H](C)NC(=O)[C@H](CCOCN)NC1=O)C(C)C. The molecule has 29 nitrogen and oxygen atoms in total. The molecule has 6 aromatic rings. The van der Waals surface area contributed by atoms with E-state index in [9.17, 15) is 33.6 Å². The van der Waals surface area contributed by atoms with Crippen LogP contribution in [0, 0.1) is 24.2 Å². The molecule has 7 rings (SSSR count). The van der Waals surface area contributed by atoms with Crippen LogP contribution >= 0.6 is 23.5 Å². The maximum Gasteiger partial charge on any atom is 0.244 e. The fourth-order valence-corrected chi connectivity index (χ4v) is 13.6. The lowest BCUT2D eigenvalue weighted by atomic mass is 9.92. The topological polar surface area (TPSA) is 442 Å². The molecule has 0 saturated carbocycles. The first kappa shape index (κ1) is 79.3. The van der Waals surface area contributed by atoms with Gasteiger partial charge in [0.25, 0.3) is 0 Å². The average molecular weight is 1440 g/mol. The number of terminal acetylenes is 1. The number of rotatable bonds is 32. The van der Waals surface area contributed by atoms with Crippen molar-refractivity contribution in [2.75, 3.05) is 24.8 Å². The number of nitrogens with zero attached hydrogens (tertiary/aromatic N) is 2. The van der Waals surface area contributed by atoms with Crippen LogP contribution in [0.25, 0.3) is 10.9 Å². The van der Waals surface area contributed by atoms with E-state index in [1.807, 2.05) is 62.4 Å². The normalized spacial score (nSPS) is 17.9. The molecule has 0 radical (unpaired) electrons. The molecule has 0 unspecified atom stereocenters. The van der Waals surface area contributed by atoms with E-state index in [0.717, 1.165) is 22.0 Å². The molecule has 3 aromatic carbocycles. The smallest absolute Gasteiger partial charge is 0.244 e. The summed E-state index contributed by atoms with van der Waals surface area (Å²) in [5.74, 6) is -6.15. The van der Waals surface area contributed by atoms with Crippen LogP contribution in [0.2, 0.25) is 0 Å². The van der Waals surface area contributed by atoms with Crippen LogP contribution in [0.3, 0.4) is 0 Å². The maximum absolute atomic E-state index is 15.2. The molecule has 1 aliphatic rings. The number of aromatic amines is 3. The van der Waals surface area contributed by atoms with Gasteiger partial charge in [-0.3, -0.25) is 52.7 Å². The number of fused-ring (bicyclic) bond motifs is 2. The molecule has 3 aromatic heterocycles. The Labute approximate surface area is 600 Å². The summed E-state index contributed by atoms with van der Waals surface area (Å²) in [5, 5.41) is 28.6. The van der Waals surface area contributed by atoms with Crippen LogP contribution < -0.4 is 64.6 Å². The Morgan fingerprint density at radius 3 is 1.85 bits per heavy atom. The molecule has 0 saturated heterocycles. The summed E-state index contributed by atoms with van der Waals surface area (Å²) in [6.45, 7) is 8.21. The second-order valence-corrected chi connectivity index (χ2v) is 27.2. The average Bonchev–Trinajstić information content (AvgIpc) is 1.61. The molecule has 102 heavy (non-hydrogen) atoms. The number of hydrogen-bond acceptors (Lipinski definition) is 17. The van der Waals surface area contributed by atoms with Crippen molar-refractivity contribution in [1.29, 1.82) is 0 Å². The van der Waals surface area contributed by atoms with Crippen LogP contribution in [0.15, 0.2) is 110 Å². The van der Waals surface area contributed by atoms with Crippen LogP contribution in [-0.4, -0.2) is 175 Å². The number of para-hydroxylation sites is 1. The second-order valence-electron chi connectivity index (χ2n) is 25.1. The standard InChI is InChI=1S/C71H93N17O12S2/c1-7-10-24-59(89)87-60(41(4)5)70(98)86-58-37-102-35-46-21-15-14-20-45(46)34-101-36-57(85-63(91)42(6)79-64(92)52(80-68(58)96)25-26-100-38-72)69(97)82-54(27-43-18-12-11-13-19-43)65(93)83-56(30-49-33-75-40-78-49)67(95)88-61(44(8-2)9-3)71(99)84-55(28-47-31-76-51-23-17-16-22-50(47)51)66(94)81-53(62(73)90)29-48-32-74-39-77-48/h1,11-23,31-33,39-42,44,52-58,60-61,76H,8-10,24-30,34-38,72H2,2-6H3,(H2,73,90)(H,74,77)(H,75,78)(H,79,92)(H,80,96)(H,81,94)(H,82,97)(H,83,93)(H,84,99)(H,85,91)(H,86,98)(H,87,89)(H,88,95)/t42-,52-,53-,54-,55-,56-,57+,58+,60-,61-/m0/s1. The summed E-state index contributed by atoms with van der Waals surface area (Å²) in [6.07, 6.45) is 13.2. The van der Waals surface area contributed by atoms with Crippen molar-refractivity contribution in [2.45, 2.75) is 164 Å². The zero-order valence-corrected chi connectivity index (χ0v) is 59.4. The van der Waals surface area contributed by atoms with E-state index >= 15 is 19.2 Å². The number of primary amides is 1. The largest absolute Gasteiger partial charge is 0.368 e. The second kappa shape index (κ2) is 40.4. The maximum atomic E-state index is 15.2. The van der Waals surface area contributed by atoms with E-state index in [1.165, 1.54) is 55.5 Å². The van der Waals surface area contributed by atoms with Crippen LogP contribution in [-0.2, 0) is 94.7 Å². The first-order chi connectivity index (χ1) is 49.1. The van der Waals surface area contributed by atoms with Crippen molar-refractivity contribution in [3.8, 4) is 12.3 Å². The van der Waals surface area contributed by atoms with Crippen molar-refractivity contribution in [1.82, 2.24) is 78.1 Å². The Balaban J connectivity index is 1.15. The predicted octanol–water partition coefficient (Wildman–Crippen LogP) is 1.25. The zero-order valence-electron chi connectivity index (χ0n) is 57.8. The van der Waals surface area contributed by atoms with E-state index in [4.69, 9.17) is 22.6 Å². The Kier molecular flexibility index (Phi) is 31.4. The van der Waals surface area contributed by atoms with Gasteiger partial charge in [0.2, 0.25) is 65.0 Å². The molecular formula is C71H93N17O12S2. The number of nitrogens with one attached hydrogen (secondary N) is 13. The van der Waals surface area contributed by atoms with Gasteiger partial charge in [0.05, 0.1) is 26.0 Å². The highest BCUT2D eigenvalue weighted by Gasteiger charge is 2.38. The van der Waals surface area contributed by atoms with E-state index < -0.39 is 137 Å². The summed E-state index contributed by atoms with van der Waals surface area (Å²) < 4.78 is 5.37. The Bertz CT molecular complexity index is 3830. The van der Waals surface area contributed by atoms with E-state index in [0.29, 0.717) is 46.9 Å². The van der Waals surface area contributed by atoms with E-state index in [-0.39, 0.29) is 69.8 Å². The third-order valence-electron chi connectivity index (χ3n) is 17.3. The molecule has 0 bridgehead atoms. The highest BCUT2D eigenvalue weighted by atomic mass is 32.2. The van der Waals surface area contributed by atoms with Crippen molar-refractivity contribution < 1.29 is 57.5 Å². The minimum atomic E-state index is -1.45. The number of hydrogen-bond donors (Lipinski definition) is 15. The van der Waals surface area contributed by atoms with Gasteiger partial charge in [-0.15, -0.1) is 12.3 Å². The first-order valence-corrected chi connectivity index (χ1v) is 36.2. The van der Waals surface area contributed by atoms with Gasteiger partial charge in [-0.05, 0) is 47.1 Å². The summed E-state index contributed by atoms with van der Waals surface area (Å²) in [7, 11) is 0. The number of nitrogens with two attached hydrogens (primary N) is 2. The summed E-state index contributed by atoms with van der Waals surface area (Å²) in [5.41, 5.74) is 16.1. The molecule has 4 heterocycles. The van der Waals surface area contributed by atoms with Gasteiger partial charge in [0, 0.05) is 109 Å². The molecule has 10 atom stereocenters. The Morgan fingerprint density at radius 1 is 0.647 bits per heavy atom. The van der Waals surface area contributed by atoms with Gasteiger partial charge in [-0.1, -0.05) is 113 Å². The fourth-order valence-electron chi connectivity index (χ4n) is 11.5. The third-order valence-corrected chi connectivity index (χ3v) is 19.5. The number of amides is 11. The Morgan fingerprint density at radius 2 is 1.24 bits per heavy atom. The highest BCUT2D eigenvalue weighted by Crippen LogP contribution is 2.25. The number of imidazole rings is 2. The zero-order chi connectivity index (χ0) is 73.7. The van der Waals surface area contributed by atoms with Crippen molar-refractivity contribution in [3.05, 3.63) is 144 Å². The van der Waals surface area contributed by atoms with Crippen molar-refractivity contribution >= 4 is 99.4 Å². The lowest BCUT2D eigenvalue weighted by Crippen LogP contribution is -2.62. The first-order valence-electron chi connectivity index (χ1n) is 33.9. The monoisotopic (exact) mass is 1440 g/mol. The van der Waals surface area contributed by atoms with Crippen LogP contribution in [0.5, 0.6) is 0 Å². The number of H-pyrrole nitrogens is 3. The lowest BCUT2D eigenvalue weighted by Gasteiger charge is -2.30. The van der Waals surface area contributed by atoms with Crippen molar-refractivity contribution in [3.63, 3.8) is 0 Å². The fraction of sp³-hybridized carbons (Fsp3) is 0.451. The van der Waals surface area contributed by atoms with Gasteiger partial charge in [-0.25, -0.2) is 9.97 Å². The van der Waals surface area contributed by atoms with Crippen molar-refractivity contribution in [2.24, 2.45) is 23.3 Å². The minimum Gasteiger partial charge on any atom is -0.368 e. The summed E-state index contributed by atoms with van der Waals surface area (Å²) >= 11 is 2.62. The summed E-state index contributed by atoms with van der Waals surface area (Å²) in [4.78, 5) is 175. The molecule has 0 aliphatic carbocycles. The molecule has 11 amide bonds. The van der Waals surface area contributed by atoms with E-state index in [1.54, 1.807) is 50.4 Å². The van der Waals surface area contributed by atoms with Gasteiger partial charge in [0.15, 0.2) is 0 Å². The quantitative estimate of drug-likeness (QED) is 0.0160. The molecule has 0 spiro atoms. The lowest BCUT2D eigenvalue weighted by molar-refractivity contribution is -0.136. The molecule has 0 fully saturated rings. The number of benzene rings is 3. The number of thioether (sulfide) groups is 2. The molecule has 1 aliphatic heterocycles. The van der Waals surface area contributed by atoms with Gasteiger partial charge in [-0.2, -0.15) is 23.5 Å². The summed E-state index contributed by atoms with van der Waals surface area (Å²) in [6, 6.07) is 10.6. The Hall–Kier alpha value is -10.0. The molecule has 546 valence electrons. The molecular weight excluding hydrogens is 1350 g/mol. The highest BCUT2D eigenvalue weighted by molar-refractivity contribution is 7.99. The minimum absolute atomic E-state index is 0.0122. The van der Waals surface area contributed by atoms with Gasteiger partial charge >= 0.3 is 0 Å². The third kappa shape index (κ3) is 24.1. The number of carbonyl (C=O) groups is 11.